The Morgan fingerprint density at radius 2 is 1.84 bits per heavy atom. The molecule has 1 aliphatic heterocycles. The molecule has 6 heteroatoms. The zero-order valence-corrected chi connectivity index (χ0v) is 19.4. The van der Waals surface area contributed by atoms with E-state index in [1.54, 1.807) is 11.3 Å². The maximum absolute atomic E-state index is 13.6. The van der Waals surface area contributed by atoms with Gasteiger partial charge in [0.25, 0.3) is 0 Å². The van der Waals surface area contributed by atoms with Crippen molar-refractivity contribution in [2.24, 2.45) is 11.8 Å². The molecule has 1 atom stereocenters. The molecule has 0 bridgehead atoms. The largest absolute Gasteiger partial charge is 0.491 e. The molecule has 5 rings (SSSR count). The van der Waals surface area contributed by atoms with Crippen LogP contribution in [0.4, 0.5) is 0 Å². The van der Waals surface area contributed by atoms with Crippen molar-refractivity contribution in [2.45, 2.75) is 51.0 Å². The van der Waals surface area contributed by atoms with Gasteiger partial charge in [-0.3, -0.25) is 9.59 Å². The monoisotopic (exact) mass is 452 g/mol. The molecule has 2 aromatic rings. The van der Waals surface area contributed by atoms with Crippen molar-refractivity contribution in [3.05, 3.63) is 52.2 Å². The lowest BCUT2D eigenvalue weighted by atomic mass is 10.00. The summed E-state index contributed by atoms with van der Waals surface area (Å²) in [4.78, 5) is 32.0. The summed E-state index contributed by atoms with van der Waals surface area (Å²) in [6.07, 6.45) is 7.45. The Bertz CT molecular complexity index is 934. The number of carbonyl (C=O) groups excluding carboxylic acids is 2. The van der Waals surface area contributed by atoms with Crippen molar-refractivity contribution in [1.29, 1.82) is 0 Å². The lowest BCUT2D eigenvalue weighted by Crippen LogP contribution is -2.49. The minimum absolute atomic E-state index is 0.0514. The van der Waals surface area contributed by atoms with Crippen LogP contribution < -0.4 is 4.74 Å². The number of hydrogen-bond donors (Lipinski definition) is 0. The maximum Gasteiger partial charge on any atom is 0.242 e. The van der Waals surface area contributed by atoms with Crippen molar-refractivity contribution in [3.8, 4) is 5.75 Å². The van der Waals surface area contributed by atoms with E-state index in [-0.39, 0.29) is 30.3 Å². The van der Waals surface area contributed by atoms with Crippen molar-refractivity contribution in [3.63, 3.8) is 0 Å². The number of rotatable bonds is 8. The Balaban J connectivity index is 1.31. The first-order chi connectivity index (χ1) is 15.7. The molecule has 2 amide bonds. The third-order valence-corrected chi connectivity index (χ3v) is 8.08. The summed E-state index contributed by atoms with van der Waals surface area (Å²) < 4.78 is 6.09. The fourth-order valence-corrected chi connectivity index (χ4v) is 6.02. The molecule has 32 heavy (non-hydrogen) atoms. The highest BCUT2D eigenvalue weighted by molar-refractivity contribution is 7.10. The minimum Gasteiger partial charge on any atom is -0.491 e. The summed E-state index contributed by atoms with van der Waals surface area (Å²) in [5.41, 5.74) is 1.20. The molecule has 0 unspecified atom stereocenters. The first-order valence-electron chi connectivity index (χ1n) is 12.0. The molecule has 0 radical (unpaired) electrons. The summed E-state index contributed by atoms with van der Waals surface area (Å²) >= 11 is 1.76. The Hall–Kier alpha value is -2.34. The molecular weight excluding hydrogens is 420 g/mol. The highest BCUT2D eigenvalue weighted by atomic mass is 32.1. The average molecular weight is 453 g/mol. The summed E-state index contributed by atoms with van der Waals surface area (Å²) in [7, 11) is 0. The van der Waals surface area contributed by atoms with Crippen LogP contribution in [-0.4, -0.2) is 47.9 Å². The third-order valence-electron chi connectivity index (χ3n) is 7.08. The standard InChI is InChI=1S/C26H32N2O3S/c29-25(17-27(16-19-10-11-19)26(30)20-6-4-5-7-20)28-14-12-24-22(13-15-32-24)23(28)18-31-21-8-2-1-3-9-21/h1-3,8-9,13,15,19-20,23H,4-7,10-12,14,16-18H2/t23-/m1/s1. The van der Waals surface area contributed by atoms with Crippen LogP contribution in [0.15, 0.2) is 41.8 Å². The van der Waals surface area contributed by atoms with Crippen molar-refractivity contribution in [1.82, 2.24) is 9.80 Å². The number of nitrogens with zero attached hydrogens (tertiary/aromatic N) is 2. The Kier molecular flexibility index (Phi) is 6.49. The second-order valence-corrected chi connectivity index (χ2v) is 10.4. The third kappa shape index (κ3) is 4.85. The summed E-state index contributed by atoms with van der Waals surface area (Å²) in [6, 6.07) is 11.8. The van der Waals surface area contributed by atoms with Crippen LogP contribution in [0.25, 0.3) is 0 Å². The molecule has 3 aliphatic rings. The number of thiophene rings is 1. The average Bonchev–Trinajstić information content (AvgIpc) is 3.27. The molecule has 1 aromatic carbocycles. The van der Waals surface area contributed by atoms with Gasteiger partial charge in [0.1, 0.15) is 12.4 Å². The lowest BCUT2D eigenvalue weighted by Gasteiger charge is -2.37. The fraction of sp³-hybridized carbons (Fsp3) is 0.538. The van der Waals surface area contributed by atoms with E-state index in [1.165, 1.54) is 23.3 Å². The second kappa shape index (κ2) is 9.65. The van der Waals surface area contributed by atoms with Crippen LogP contribution in [-0.2, 0) is 16.0 Å². The van der Waals surface area contributed by atoms with E-state index in [4.69, 9.17) is 4.74 Å². The first-order valence-corrected chi connectivity index (χ1v) is 12.9. The molecule has 2 heterocycles. The number of amides is 2. The lowest BCUT2D eigenvalue weighted by molar-refractivity contribution is -0.145. The van der Waals surface area contributed by atoms with E-state index in [2.05, 4.69) is 11.4 Å². The number of benzene rings is 1. The molecular formula is C26H32N2O3S. The summed E-state index contributed by atoms with van der Waals surface area (Å²) in [5.74, 6) is 1.76. The zero-order chi connectivity index (χ0) is 21.9. The van der Waals surface area contributed by atoms with Gasteiger partial charge in [0, 0.05) is 23.9 Å². The van der Waals surface area contributed by atoms with Crippen molar-refractivity contribution < 1.29 is 14.3 Å². The fourth-order valence-electron chi connectivity index (χ4n) is 5.10. The quantitative estimate of drug-likeness (QED) is 0.584. The van der Waals surface area contributed by atoms with Crippen LogP contribution in [0.5, 0.6) is 5.75 Å². The van der Waals surface area contributed by atoms with E-state index >= 15 is 0 Å². The minimum atomic E-state index is -0.109. The SMILES string of the molecule is O=C(C1CCCC1)N(CC(=O)N1CCc2sccc2[C@H]1COc1ccccc1)CC1CC1. The van der Waals surface area contributed by atoms with Crippen LogP contribution in [0, 0.1) is 11.8 Å². The van der Waals surface area contributed by atoms with E-state index < -0.39 is 0 Å². The van der Waals surface area contributed by atoms with E-state index in [0.29, 0.717) is 19.1 Å². The topological polar surface area (TPSA) is 49.9 Å². The molecule has 0 saturated heterocycles. The zero-order valence-electron chi connectivity index (χ0n) is 18.6. The Labute approximate surface area is 194 Å². The Morgan fingerprint density at radius 1 is 1.06 bits per heavy atom. The molecule has 2 aliphatic carbocycles. The van der Waals surface area contributed by atoms with Crippen LogP contribution in [0.3, 0.4) is 0 Å². The van der Waals surface area contributed by atoms with Gasteiger partial charge in [-0.2, -0.15) is 0 Å². The Morgan fingerprint density at radius 3 is 2.59 bits per heavy atom. The predicted molar refractivity (Wildman–Crippen MR) is 126 cm³/mol. The molecule has 2 saturated carbocycles. The van der Waals surface area contributed by atoms with Crippen LogP contribution >= 0.6 is 11.3 Å². The summed E-state index contributed by atoms with van der Waals surface area (Å²) in [6.45, 7) is 2.06. The predicted octanol–water partition coefficient (Wildman–Crippen LogP) is 4.68. The number of hydrogen-bond acceptors (Lipinski definition) is 4. The number of fused-ring (bicyclic) bond motifs is 1. The molecule has 1 aromatic heterocycles. The normalized spacial score (nSPS) is 20.8. The van der Waals surface area contributed by atoms with Gasteiger partial charge in [0.2, 0.25) is 11.8 Å². The molecule has 0 spiro atoms. The van der Waals surface area contributed by atoms with Crippen LogP contribution in [0.1, 0.15) is 55.0 Å². The highest BCUT2D eigenvalue weighted by Gasteiger charge is 2.36. The van der Waals surface area contributed by atoms with Crippen molar-refractivity contribution in [2.75, 3.05) is 26.2 Å². The van der Waals surface area contributed by atoms with E-state index in [9.17, 15) is 9.59 Å². The van der Waals surface area contributed by atoms with Crippen molar-refractivity contribution >= 4 is 23.2 Å². The second-order valence-electron chi connectivity index (χ2n) is 9.42. The molecule has 5 nitrogen and oxygen atoms in total. The van der Waals surface area contributed by atoms with Gasteiger partial charge < -0.3 is 14.5 Å². The smallest absolute Gasteiger partial charge is 0.242 e. The van der Waals surface area contributed by atoms with Gasteiger partial charge in [-0.1, -0.05) is 31.0 Å². The number of carbonyl (C=O) groups is 2. The molecule has 0 N–H and O–H groups in total. The first kappa shape index (κ1) is 21.5. The number of ether oxygens (including phenoxy) is 1. The molecule has 2 fully saturated rings. The number of para-hydroxylation sites is 1. The van der Waals surface area contributed by atoms with Gasteiger partial charge in [-0.05, 0) is 67.2 Å². The maximum atomic E-state index is 13.6. The van der Waals surface area contributed by atoms with E-state index in [1.807, 2.05) is 40.1 Å². The summed E-state index contributed by atoms with van der Waals surface area (Å²) in [5, 5.41) is 2.11. The van der Waals surface area contributed by atoms with Gasteiger partial charge >= 0.3 is 0 Å². The van der Waals surface area contributed by atoms with Gasteiger partial charge in [-0.15, -0.1) is 11.3 Å². The van der Waals surface area contributed by atoms with Crippen LogP contribution in [0.2, 0.25) is 0 Å². The van der Waals surface area contributed by atoms with Gasteiger partial charge in [-0.25, -0.2) is 0 Å². The van der Waals surface area contributed by atoms with Gasteiger partial charge in [0.05, 0.1) is 12.6 Å². The van der Waals surface area contributed by atoms with Gasteiger partial charge in [0.15, 0.2) is 0 Å². The molecule has 170 valence electrons. The highest BCUT2D eigenvalue weighted by Crippen LogP contribution is 2.35. The van der Waals surface area contributed by atoms with E-state index in [0.717, 1.165) is 44.4 Å².